The van der Waals surface area contributed by atoms with E-state index in [-0.39, 0.29) is 16.8 Å². The molecular weight excluding hydrogens is 440 g/mol. The van der Waals surface area contributed by atoms with Crippen LogP contribution >= 0.6 is 23.5 Å². The third-order valence-electron chi connectivity index (χ3n) is 4.77. The van der Waals surface area contributed by atoms with Crippen LogP contribution in [0.15, 0.2) is 54.9 Å². The number of hydrogen-bond donors (Lipinski definition) is 2. The molecule has 0 unspecified atom stereocenters. The van der Waals surface area contributed by atoms with Crippen molar-refractivity contribution in [2.45, 2.75) is 13.3 Å². The summed E-state index contributed by atoms with van der Waals surface area (Å²) in [6.45, 7) is 1.96. The molecule has 158 valence electrons. The molecule has 2 heterocycles. The topological polar surface area (TPSA) is 57.8 Å². The van der Waals surface area contributed by atoms with Gasteiger partial charge >= 0.3 is 0 Å². The van der Waals surface area contributed by atoms with E-state index in [0.29, 0.717) is 21.8 Å². The van der Waals surface area contributed by atoms with Gasteiger partial charge in [0.1, 0.15) is 17.2 Å². The summed E-state index contributed by atoms with van der Waals surface area (Å²) in [5.74, 6) is -1.53. The third-order valence-corrected chi connectivity index (χ3v) is 5.98. The SMILES string of the molecule is CCCSNc1c(F)ccc(C(=O)c2c[nH]c3ncc(-c4ccc(Cl)cc4)cc23)c1F. The Kier molecular flexibility index (Phi) is 6.25. The molecule has 0 fully saturated rings. The maximum atomic E-state index is 15.0. The molecular formula is C23H18ClF2N3OS. The number of halogens is 3. The van der Waals surface area contributed by atoms with E-state index in [4.69, 9.17) is 11.6 Å². The zero-order valence-electron chi connectivity index (χ0n) is 16.5. The van der Waals surface area contributed by atoms with Crippen molar-refractivity contribution in [3.63, 3.8) is 0 Å². The molecule has 0 amide bonds. The van der Waals surface area contributed by atoms with Gasteiger partial charge in [-0.15, -0.1) is 0 Å². The number of fused-ring (bicyclic) bond motifs is 1. The number of rotatable bonds is 7. The van der Waals surface area contributed by atoms with Crippen molar-refractivity contribution < 1.29 is 13.6 Å². The molecule has 0 saturated carbocycles. The Morgan fingerprint density at radius 2 is 1.90 bits per heavy atom. The number of carbonyl (C=O) groups excluding carboxylic acids is 1. The van der Waals surface area contributed by atoms with Crippen LogP contribution < -0.4 is 4.72 Å². The van der Waals surface area contributed by atoms with Gasteiger partial charge < -0.3 is 9.71 Å². The highest BCUT2D eigenvalue weighted by atomic mass is 35.5. The summed E-state index contributed by atoms with van der Waals surface area (Å²) >= 11 is 7.14. The minimum absolute atomic E-state index is 0.209. The Balaban J connectivity index is 1.73. The summed E-state index contributed by atoms with van der Waals surface area (Å²) in [5.41, 5.74) is 1.90. The van der Waals surface area contributed by atoms with Gasteiger partial charge in [-0.05, 0) is 42.3 Å². The van der Waals surface area contributed by atoms with E-state index in [1.807, 2.05) is 25.1 Å². The molecule has 0 radical (unpaired) electrons. The van der Waals surface area contributed by atoms with Crippen LogP contribution in [0.4, 0.5) is 14.5 Å². The number of H-pyrrole nitrogens is 1. The van der Waals surface area contributed by atoms with Gasteiger partial charge in [0, 0.05) is 39.7 Å². The molecule has 0 saturated heterocycles. The highest BCUT2D eigenvalue weighted by molar-refractivity contribution is 8.00. The summed E-state index contributed by atoms with van der Waals surface area (Å²) < 4.78 is 31.8. The van der Waals surface area contributed by atoms with E-state index in [9.17, 15) is 9.18 Å². The van der Waals surface area contributed by atoms with Gasteiger partial charge in [0.15, 0.2) is 11.6 Å². The molecule has 2 aromatic carbocycles. The average molecular weight is 458 g/mol. The summed E-state index contributed by atoms with van der Waals surface area (Å²) in [7, 11) is 0. The Morgan fingerprint density at radius 3 is 2.65 bits per heavy atom. The zero-order chi connectivity index (χ0) is 22.0. The van der Waals surface area contributed by atoms with Crippen LogP contribution in [0, 0.1) is 11.6 Å². The molecule has 8 heteroatoms. The fourth-order valence-corrected chi connectivity index (χ4v) is 3.95. The van der Waals surface area contributed by atoms with E-state index in [1.54, 1.807) is 18.3 Å². The Labute approximate surface area is 187 Å². The van der Waals surface area contributed by atoms with Gasteiger partial charge in [-0.2, -0.15) is 0 Å². The minimum atomic E-state index is -0.912. The Bertz CT molecular complexity index is 1260. The van der Waals surface area contributed by atoms with Crippen LogP contribution in [-0.4, -0.2) is 21.5 Å². The first-order chi connectivity index (χ1) is 15.0. The quantitative estimate of drug-likeness (QED) is 0.181. The van der Waals surface area contributed by atoms with Crippen molar-refractivity contribution in [1.82, 2.24) is 9.97 Å². The average Bonchev–Trinajstić information content (AvgIpc) is 3.19. The van der Waals surface area contributed by atoms with Crippen LogP contribution in [-0.2, 0) is 0 Å². The summed E-state index contributed by atoms with van der Waals surface area (Å²) in [6, 6.07) is 11.3. The monoisotopic (exact) mass is 457 g/mol. The predicted octanol–water partition coefficient (Wildman–Crippen LogP) is 6.86. The van der Waals surface area contributed by atoms with E-state index in [1.165, 1.54) is 18.1 Å². The first-order valence-corrected chi connectivity index (χ1v) is 11.0. The number of anilines is 1. The highest BCUT2D eigenvalue weighted by Gasteiger charge is 2.22. The third kappa shape index (κ3) is 4.29. The molecule has 2 N–H and O–H groups in total. The molecule has 31 heavy (non-hydrogen) atoms. The Hall–Kier alpha value is -2.90. The summed E-state index contributed by atoms with van der Waals surface area (Å²) in [4.78, 5) is 20.5. The smallest absolute Gasteiger partial charge is 0.198 e. The maximum absolute atomic E-state index is 15.0. The molecule has 0 bridgehead atoms. The van der Waals surface area contributed by atoms with Crippen molar-refractivity contribution in [3.05, 3.63) is 82.6 Å². The second-order valence-electron chi connectivity index (χ2n) is 6.89. The molecule has 0 aliphatic heterocycles. The number of nitrogens with zero attached hydrogens (tertiary/aromatic N) is 1. The fraction of sp³-hybridized carbons (Fsp3) is 0.130. The van der Waals surface area contributed by atoms with Gasteiger partial charge in [-0.25, -0.2) is 13.8 Å². The molecule has 2 aromatic heterocycles. The second-order valence-corrected chi connectivity index (χ2v) is 8.23. The van der Waals surface area contributed by atoms with E-state index in [2.05, 4.69) is 14.7 Å². The number of aromatic amines is 1. The van der Waals surface area contributed by atoms with Crippen LogP contribution in [0.1, 0.15) is 29.3 Å². The van der Waals surface area contributed by atoms with E-state index < -0.39 is 17.4 Å². The van der Waals surface area contributed by atoms with Crippen molar-refractivity contribution in [2.75, 3.05) is 10.5 Å². The lowest BCUT2D eigenvalue weighted by molar-refractivity contribution is 0.103. The molecule has 4 nitrogen and oxygen atoms in total. The largest absolute Gasteiger partial charge is 0.345 e. The number of aromatic nitrogens is 2. The molecule has 0 aliphatic rings. The van der Waals surface area contributed by atoms with Gasteiger partial charge in [0.25, 0.3) is 0 Å². The molecule has 0 aliphatic carbocycles. The van der Waals surface area contributed by atoms with Crippen molar-refractivity contribution in [2.24, 2.45) is 0 Å². The van der Waals surface area contributed by atoms with Crippen LogP contribution in [0.5, 0.6) is 0 Å². The summed E-state index contributed by atoms with van der Waals surface area (Å²) in [5, 5.41) is 1.17. The number of hydrogen-bond acceptors (Lipinski definition) is 4. The molecule has 4 aromatic rings. The second kappa shape index (κ2) is 9.08. The standard InChI is InChI=1S/C23H18ClF2N3OS/c1-2-9-31-29-21-19(25)8-7-16(20(21)26)22(30)18-12-28-23-17(18)10-14(11-27-23)13-3-5-15(24)6-4-13/h3-8,10-12,29H,2,9H2,1H3,(H,27,28). The molecule has 0 spiro atoms. The maximum Gasteiger partial charge on any atom is 0.198 e. The zero-order valence-corrected chi connectivity index (χ0v) is 18.1. The van der Waals surface area contributed by atoms with E-state index in [0.717, 1.165) is 29.7 Å². The Morgan fingerprint density at radius 1 is 1.13 bits per heavy atom. The highest BCUT2D eigenvalue weighted by Crippen LogP contribution is 2.30. The van der Waals surface area contributed by atoms with Crippen molar-refractivity contribution in [1.29, 1.82) is 0 Å². The lowest BCUT2D eigenvalue weighted by atomic mass is 10.00. The van der Waals surface area contributed by atoms with Crippen molar-refractivity contribution >= 4 is 46.1 Å². The van der Waals surface area contributed by atoms with Gasteiger partial charge in [-0.1, -0.05) is 42.6 Å². The van der Waals surface area contributed by atoms with Crippen LogP contribution in [0.3, 0.4) is 0 Å². The number of carbonyl (C=O) groups is 1. The molecule has 0 atom stereocenters. The first kappa shape index (κ1) is 21.3. The van der Waals surface area contributed by atoms with Gasteiger partial charge in [0.05, 0.1) is 5.56 Å². The van der Waals surface area contributed by atoms with Gasteiger partial charge in [-0.3, -0.25) is 4.79 Å². The van der Waals surface area contributed by atoms with Crippen LogP contribution in [0.2, 0.25) is 5.02 Å². The van der Waals surface area contributed by atoms with Crippen LogP contribution in [0.25, 0.3) is 22.2 Å². The lowest BCUT2D eigenvalue weighted by Crippen LogP contribution is -2.07. The number of nitrogens with one attached hydrogen (secondary N) is 2. The summed E-state index contributed by atoms with van der Waals surface area (Å²) in [6.07, 6.45) is 4.02. The first-order valence-electron chi connectivity index (χ1n) is 9.63. The number of pyridine rings is 1. The van der Waals surface area contributed by atoms with Gasteiger partial charge in [0.2, 0.25) is 0 Å². The fourth-order valence-electron chi connectivity index (χ4n) is 3.18. The predicted molar refractivity (Wildman–Crippen MR) is 123 cm³/mol. The lowest BCUT2D eigenvalue weighted by Gasteiger charge is -2.10. The normalized spacial score (nSPS) is 11.1. The number of ketones is 1. The number of benzene rings is 2. The molecule has 4 rings (SSSR count). The minimum Gasteiger partial charge on any atom is -0.345 e. The van der Waals surface area contributed by atoms with E-state index >= 15 is 4.39 Å². The van der Waals surface area contributed by atoms with Crippen molar-refractivity contribution in [3.8, 4) is 11.1 Å².